The second kappa shape index (κ2) is 10.3. The number of halogens is 1. The molecule has 0 unspecified atom stereocenters. The Labute approximate surface area is 180 Å². The van der Waals surface area contributed by atoms with Crippen molar-refractivity contribution in [2.24, 2.45) is 0 Å². The van der Waals surface area contributed by atoms with Crippen LogP contribution < -0.4 is 15.4 Å². The summed E-state index contributed by atoms with van der Waals surface area (Å²) in [6.07, 6.45) is 0. The number of thiazole rings is 1. The standard InChI is InChI=1S/C20H17FN4O5S/c21-15-6-1-2-7-17(15)30-11-18-24-16(12-31-18)20(27)23-9-8-22-19(26)13-4-3-5-14(10-13)25(28)29/h1-7,10,12H,8-9,11H2,(H,22,26)(H,23,27). The number of rotatable bonds is 9. The zero-order valence-electron chi connectivity index (χ0n) is 16.0. The Morgan fingerprint density at radius 1 is 1.10 bits per heavy atom. The molecule has 0 atom stereocenters. The molecule has 2 N–H and O–H groups in total. The highest BCUT2D eigenvalue weighted by atomic mass is 32.1. The molecule has 160 valence electrons. The Kier molecular flexibility index (Phi) is 7.22. The number of non-ortho nitro benzene ring substituents is 1. The van der Waals surface area contributed by atoms with Crippen molar-refractivity contribution in [2.75, 3.05) is 13.1 Å². The molecule has 0 spiro atoms. The Balaban J connectivity index is 1.43. The lowest BCUT2D eigenvalue weighted by Gasteiger charge is -2.06. The maximum absolute atomic E-state index is 13.6. The van der Waals surface area contributed by atoms with Crippen LogP contribution in [0.2, 0.25) is 0 Å². The molecular formula is C20H17FN4O5S. The SMILES string of the molecule is O=C(NCCNC(=O)c1csc(COc2ccccc2F)n1)c1cccc([N+](=O)[O-])c1. The molecule has 0 radical (unpaired) electrons. The third-order valence-corrected chi connectivity index (χ3v) is 4.81. The highest BCUT2D eigenvalue weighted by molar-refractivity contribution is 7.09. The highest BCUT2D eigenvalue weighted by Crippen LogP contribution is 2.18. The molecule has 1 aromatic heterocycles. The number of carbonyl (C=O) groups is 2. The molecule has 0 saturated heterocycles. The lowest BCUT2D eigenvalue weighted by Crippen LogP contribution is -2.34. The maximum atomic E-state index is 13.6. The van der Waals surface area contributed by atoms with Gasteiger partial charge in [-0.2, -0.15) is 0 Å². The van der Waals surface area contributed by atoms with Crippen LogP contribution in [0.3, 0.4) is 0 Å². The summed E-state index contributed by atoms with van der Waals surface area (Å²) in [5, 5.41) is 18.0. The van der Waals surface area contributed by atoms with Crippen molar-refractivity contribution in [3.8, 4) is 5.75 Å². The monoisotopic (exact) mass is 444 g/mol. The quantitative estimate of drug-likeness (QED) is 0.297. The van der Waals surface area contributed by atoms with Gasteiger partial charge in [0.25, 0.3) is 17.5 Å². The summed E-state index contributed by atoms with van der Waals surface area (Å²) in [5.41, 5.74) is 0.154. The van der Waals surface area contributed by atoms with E-state index in [2.05, 4.69) is 15.6 Å². The van der Waals surface area contributed by atoms with Crippen molar-refractivity contribution >= 4 is 28.8 Å². The van der Waals surface area contributed by atoms with E-state index >= 15 is 0 Å². The third kappa shape index (κ3) is 6.06. The van der Waals surface area contributed by atoms with Gasteiger partial charge < -0.3 is 15.4 Å². The van der Waals surface area contributed by atoms with E-state index < -0.39 is 22.6 Å². The van der Waals surface area contributed by atoms with Crippen LogP contribution in [-0.2, 0) is 6.61 Å². The van der Waals surface area contributed by atoms with Crippen LogP contribution in [0, 0.1) is 15.9 Å². The molecule has 0 aliphatic carbocycles. The van der Waals surface area contributed by atoms with Gasteiger partial charge in [-0.25, -0.2) is 9.37 Å². The van der Waals surface area contributed by atoms with Crippen molar-refractivity contribution in [3.05, 3.63) is 86.1 Å². The largest absolute Gasteiger partial charge is 0.483 e. The van der Waals surface area contributed by atoms with Crippen LogP contribution in [-0.4, -0.2) is 34.8 Å². The second-order valence-corrected chi connectivity index (χ2v) is 7.11. The van der Waals surface area contributed by atoms with Gasteiger partial charge in [-0.05, 0) is 18.2 Å². The van der Waals surface area contributed by atoms with Crippen molar-refractivity contribution in [3.63, 3.8) is 0 Å². The van der Waals surface area contributed by atoms with E-state index in [0.29, 0.717) is 5.01 Å². The molecule has 0 fully saturated rings. The first-order valence-corrected chi connectivity index (χ1v) is 9.94. The molecule has 2 aromatic carbocycles. The van der Waals surface area contributed by atoms with Gasteiger partial charge in [0.05, 0.1) is 4.92 Å². The van der Waals surface area contributed by atoms with E-state index in [0.717, 1.165) is 0 Å². The van der Waals surface area contributed by atoms with Crippen molar-refractivity contribution in [2.45, 2.75) is 6.61 Å². The molecule has 1 heterocycles. The summed E-state index contributed by atoms with van der Waals surface area (Å²) in [5.74, 6) is -1.30. The van der Waals surface area contributed by atoms with Gasteiger partial charge >= 0.3 is 0 Å². The van der Waals surface area contributed by atoms with Gasteiger partial charge in [0.1, 0.15) is 17.3 Å². The third-order valence-electron chi connectivity index (χ3n) is 3.99. The average Bonchev–Trinajstić information content (AvgIpc) is 3.25. The number of amides is 2. The predicted molar refractivity (Wildman–Crippen MR) is 111 cm³/mol. The molecule has 2 amide bonds. The van der Waals surface area contributed by atoms with E-state index in [9.17, 15) is 24.1 Å². The first-order valence-electron chi connectivity index (χ1n) is 9.06. The molecular weight excluding hydrogens is 427 g/mol. The summed E-state index contributed by atoms with van der Waals surface area (Å²) in [4.78, 5) is 38.6. The van der Waals surface area contributed by atoms with Gasteiger partial charge in [-0.15, -0.1) is 11.3 Å². The number of nitrogens with one attached hydrogen (secondary N) is 2. The first-order chi connectivity index (χ1) is 14.9. The van der Waals surface area contributed by atoms with E-state index in [1.54, 1.807) is 17.5 Å². The van der Waals surface area contributed by atoms with Gasteiger partial charge in [0, 0.05) is 36.2 Å². The minimum absolute atomic E-state index is 0.0259. The van der Waals surface area contributed by atoms with E-state index in [1.807, 2.05) is 0 Å². The number of hydrogen-bond donors (Lipinski definition) is 2. The summed E-state index contributed by atoms with van der Waals surface area (Å²) in [7, 11) is 0. The molecule has 0 saturated carbocycles. The zero-order valence-corrected chi connectivity index (χ0v) is 16.9. The topological polar surface area (TPSA) is 123 Å². The van der Waals surface area contributed by atoms with Gasteiger partial charge in [0.15, 0.2) is 11.6 Å². The molecule has 0 aliphatic heterocycles. The zero-order chi connectivity index (χ0) is 22.2. The second-order valence-electron chi connectivity index (χ2n) is 6.16. The van der Waals surface area contributed by atoms with E-state index in [4.69, 9.17) is 4.74 Å². The molecule has 3 aromatic rings. The normalized spacial score (nSPS) is 10.4. The average molecular weight is 444 g/mol. The number of nitrogens with zero attached hydrogens (tertiary/aromatic N) is 2. The number of aromatic nitrogens is 1. The first kappa shape index (κ1) is 21.8. The van der Waals surface area contributed by atoms with Crippen LogP contribution >= 0.6 is 11.3 Å². The summed E-state index contributed by atoms with van der Waals surface area (Å²) < 4.78 is 18.9. The fourth-order valence-electron chi connectivity index (χ4n) is 2.49. The van der Waals surface area contributed by atoms with Crippen LogP contribution in [0.15, 0.2) is 53.9 Å². The van der Waals surface area contributed by atoms with Gasteiger partial charge in [-0.1, -0.05) is 18.2 Å². The predicted octanol–water partition coefficient (Wildman–Crippen LogP) is 2.93. The summed E-state index contributed by atoms with van der Waals surface area (Å²) in [6, 6.07) is 11.3. The number of benzene rings is 2. The lowest BCUT2D eigenvalue weighted by molar-refractivity contribution is -0.384. The summed E-state index contributed by atoms with van der Waals surface area (Å²) in [6.45, 7) is 0.289. The molecule has 9 nitrogen and oxygen atoms in total. The molecule has 11 heteroatoms. The Morgan fingerprint density at radius 2 is 1.84 bits per heavy atom. The van der Waals surface area contributed by atoms with Crippen LogP contribution in [0.25, 0.3) is 0 Å². The van der Waals surface area contributed by atoms with E-state index in [1.165, 1.54) is 47.7 Å². The number of hydrogen-bond acceptors (Lipinski definition) is 7. The molecule has 0 bridgehead atoms. The van der Waals surface area contributed by atoms with Gasteiger partial charge in [-0.3, -0.25) is 19.7 Å². The Bertz CT molecular complexity index is 1100. The van der Waals surface area contributed by atoms with Crippen LogP contribution in [0.1, 0.15) is 25.9 Å². The number of nitro groups is 1. The fourth-order valence-corrected chi connectivity index (χ4v) is 3.17. The van der Waals surface area contributed by atoms with Crippen LogP contribution in [0.4, 0.5) is 10.1 Å². The Hall–Kier alpha value is -3.86. The minimum Gasteiger partial charge on any atom is -0.483 e. The Morgan fingerprint density at radius 3 is 2.58 bits per heavy atom. The highest BCUT2D eigenvalue weighted by Gasteiger charge is 2.13. The smallest absolute Gasteiger partial charge is 0.270 e. The number of para-hydroxylation sites is 1. The van der Waals surface area contributed by atoms with Crippen LogP contribution in [0.5, 0.6) is 5.75 Å². The molecule has 3 rings (SSSR count). The van der Waals surface area contributed by atoms with Crippen molar-refractivity contribution in [1.82, 2.24) is 15.6 Å². The minimum atomic E-state index is -0.583. The summed E-state index contributed by atoms with van der Waals surface area (Å²) >= 11 is 1.20. The number of ether oxygens (including phenoxy) is 1. The fraction of sp³-hybridized carbons (Fsp3) is 0.150. The van der Waals surface area contributed by atoms with Crippen molar-refractivity contribution in [1.29, 1.82) is 0 Å². The number of carbonyl (C=O) groups excluding carboxylic acids is 2. The van der Waals surface area contributed by atoms with Gasteiger partial charge in [0.2, 0.25) is 0 Å². The lowest BCUT2D eigenvalue weighted by atomic mass is 10.2. The molecule has 0 aliphatic rings. The van der Waals surface area contributed by atoms with Crippen molar-refractivity contribution < 1.29 is 23.6 Å². The molecule has 31 heavy (non-hydrogen) atoms. The number of nitro benzene ring substituents is 1. The van der Waals surface area contributed by atoms with E-state index in [-0.39, 0.29) is 42.4 Å². The maximum Gasteiger partial charge on any atom is 0.270 e.